The van der Waals surface area contributed by atoms with Gasteiger partial charge >= 0.3 is 0 Å². The minimum Gasteiger partial charge on any atom is -0.455 e. The summed E-state index contributed by atoms with van der Waals surface area (Å²) in [6, 6.07) is 90.2. The van der Waals surface area contributed by atoms with Gasteiger partial charge in [0.2, 0.25) is 0 Å². The highest BCUT2D eigenvalue weighted by Crippen LogP contribution is 2.51. The summed E-state index contributed by atoms with van der Waals surface area (Å²) in [6.45, 7) is 0. The van der Waals surface area contributed by atoms with Crippen LogP contribution in [-0.2, 0) is 0 Å². The third-order valence-electron chi connectivity index (χ3n) is 14.6. The molecule has 5 heteroatoms. The Labute approximate surface area is 419 Å². The first-order chi connectivity index (χ1) is 36.2. The molecule has 3 aromatic heterocycles. The van der Waals surface area contributed by atoms with Crippen molar-refractivity contribution in [1.29, 1.82) is 0 Å². The van der Waals surface area contributed by atoms with Crippen LogP contribution in [0.3, 0.4) is 0 Å². The van der Waals surface area contributed by atoms with Gasteiger partial charge in [0, 0.05) is 65.9 Å². The van der Waals surface area contributed by atoms with E-state index in [-0.39, 0.29) is 0 Å². The number of para-hydroxylation sites is 4. The molecule has 15 aromatic rings. The average molecular weight is 935 g/mol. The number of hydrogen-bond donors (Lipinski definition) is 0. The molecular formula is C68H42N2O3. The van der Waals surface area contributed by atoms with Gasteiger partial charge in [0.25, 0.3) is 0 Å². The van der Waals surface area contributed by atoms with E-state index in [1.807, 2.05) is 18.2 Å². The summed E-state index contributed by atoms with van der Waals surface area (Å²) in [7, 11) is 0. The van der Waals surface area contributed by atoms with Crippen molar-refractivity contribution in [3.05, 3.63) is 255 Å². The van der Waals surface area contributed by atoms with E-state index >= 15 is 0 Å². The molecule has 0 radical (unpaired) electrons. The van der Waals surface area contributed by atoms with Crippen molar-refractivity contribution in [2.24, 2.45) is 0 Å². The molecule has 3 heterocycles. The SMILES string of the molecule is c1ccc(-c2ccc(N(c3cc4c(oc5cc(N(c6ccc(-c7ccccc7)cc6)c6cccc7c6oc6ccccc67)c6ccccc6c54)c4ccccc34)c3cccc4c3oc3ccccc34)cc2)cc1. The standard InChI is InChI=1S/C68H42N2O3/c1-3-17-43(18-4-1)45-33-37-47(38-34-45)69(58-29-15-27-55-51-23-11-13-31-62(51)71-67(55)58)60-41-57-65-53-25-9-7-21-49(53)61(42-64(65)73-66(57)54-26-10-8-22-50(54)60)70(48-39-35-46(36-40-48)44-19-5-2-6-20-44)59-30-16-28-56-52-24-12-14-32-63(52)72-68(56)59/h1-42H. The van der Waals surface area contributed by atoms with E-state index in [2.05, 4.69) is 246 Å². The number of anilines is 6. The molecule has 0 spiro atoms. The van der Waals surface area contributed by atoms with E-state index in [9.17, 15) is 0 Å². The highest BCUT2D eigenvalue weighted by atomic mass is 16.3. The summed E-state index contributed by atoms with van der Waals surface area (Å²) < 4.78 is 20.9. The Morgan fingerprint density at radius 3 is 1.11 bits per heavy atom. The minimum atomic E-state index is 0.784. The van der Waals surface area contributed by atoms with Crippen molar-refractivity contribution in [3.63, 3.8) is 0 Å². The summed E-state index contributed by atoms with van der Waals surface area (Å²) in [5.74, 6) is 0. The van der Waals surface area contributed by atoms with Gasteiger partial charge in [0.15, 0.2) is 11.2 Å². The molecule has 342 valence electrons. The number of nitrogens with zero attached hydrogens (tertiary/aromatic N) is 2. The quantitative estimate of drug-likeness (QED) is 0.152. The molecule has 0 bridgehead atoms. The molecule has 0 saturated carbocycles. The number of benzene rings is 12. The average Bonchev–Trinajstić information content (AvgIpc) is 4.17. The van der Waals surface area contributed by atoms with Gasteiger partial charge in [-0.15, -0.1) is 0 Å². The molecule has 5 nitrogen and oxygen atoms in total. The van der Waals surface area contributed by atoms with Gasteiger partial charge in [-0.3, -0.25) is 0 Å². The van der Waals surface area contributed by atoms with Crippen LogP contribution >= 0.6 is 0 Å². The highest BCUT2D eigenvalue weighted by molar-refractivity contribution is 6.28. The number of fused-ring (bicyclic) bond motifs is 13. The van der Waals surface area contributed by atoms with Gasteiger partial charge in [-0.05, 0) is 82.2 Å². The van der Waals surface area contributed by atoms with Crippen molar-refractivity contribution >= 4 is 121 Å². The zero-order chi connectivity index (χ0) is 48.0. The second-order valence-electron chi connectivity index (χ2n) is 18.7. The third-order valence-corrected chi connectivity index (χ3v) is 14.6. The van der Waals surface area contributed by atoms with E-state index in [4.69, 9.17) is 13.3 Å². The van der Waals surface area contributed by atoms with Crippen LogP contribution in [0.25, 0.3) is 110 Å². The normalized spacial score (nSPS) is 11.8. The van der Waals surface area contributed by atoms with Crippen LogP contribution in [0.15, 0.2) is 268 Å². The van der Waals surface area contributed by atoms with E-state index in [0.717, 1.165) is 138 Å². The Kier molecular flexibility index (Phi) is 9.19. The molecule has 0 amide bonds. The van der Waals surface area contributed by atoms with Crippen molar-refractivity contribution in [1.82, 2.24) is 0 Å². The van der Waals surface area contributed by atoms with E-state index in [1.165, 1.54) is 5.56 Å². The second-order valence-corrected chi connectivity index (χ2v) is 18.7. The molecule has 0 fully saturated rings. The van der Waals surface area contributed by atoms with Gasteiger partial charge in [-0.1, -0.05) is 194 Å². The molecule has 73 heavy (non-hydrogen) atoms. The van der Waals surface area contributed by atoms with Crippen molar-refractivity contribution in [2.45, 2.75) is 0 Å². The topological polar surface area (TPSA) is 45.9 Å². The highest BCUT2D eigenvalue weighted by Gasteiger charge is 2.27. The van der Waals surface area contributed by atoms with Crippen LogP contribution in [0, 0.1) is 0 Å². The lowest BCUT2D eigenvalue weighted by Crippen LogP contribution is -2.11. The van der Waals surface area contributed by atoms with Crippen molar-refractivity contribution in [3.8, 4) is 22.3 Å². The van der Waals surface area contributed by atoms with Gasteiger partial charge in [0.1, 0.15) is 22.3 Å². The molecule has 0 aliphatic heterocycles. The fraction of sp³-hybridized carbons (Fsp3) is 0. The van der Waals surface area contributed by atoms with Crippen LogP contribution in [0.4, 0.5) is 34.1 Å². The first-order valence-corrected chi connectivity index (χ1v) is 24.7. The fourth-order valence-corrected chi connectivity index (χ4v) is 11.3. The van der Waals surface area contributed by atoms with Crippen LogP contribution in [0.5, 0.6) is 0 Å². The molecule has 0 atom stereocenters. The van der Waals surface area contributed by atoms with Crippen molar-refractivity contribution < 1.29 is 13.3 Å². The lowest BCUT2D eigenvalue weighted by molar-refractivity contribution is 0.668. The van der Waals surface area contributed by atoms with Crippen molar-refractivity contribution in [2.75, 3.05) is 9.80 Å². The molecule has 0 unspecified atom stereocenters. The van der Waals surface area contributed by atoms with Crippen LogP contribution in [0.1, 0.15) is 0 Å². The first kappa shape index (κ1) is 41.0. The van der Waals surface area contributed by atoms with Crippen LogP contribution in [0.2, 0.25) is 0 Å². The van der Waals surface area contributed by atoms with E-state index < -0.39 is 0 Å². The Balaban J connectivity index is 0.993. The van der Waals surface area contributed by atoms with Crippen LogP contribution in [-0.4, -0.2) is 0 Å². The van der Waals surface area contributed by atoms with Gasteiger partial charge in [0.05, 0.1) is 22.7 Å². The molecule has 0 saturated heterocycles. The van der Waals surface area contributed by atoms with Crippen LogP contribution < -0.4 is 9.80 Å². The number of hydrogen-bond acceptors (Lipinski definition) is 5. The molecule has 15 rings (SSSR count). The second kappa shape index (κ2) is 16.4. The van der Waals surface area contributed by atoms with Gasteiger partial charge in [-0.2, -0.15) is 0 Å². The Morgan fingerprint density at radius 2 is 0.589 bits per heavy atom. The van der Waals surface area contributed by atoms with E-state index in [0.29, 0.717) is 0 Å². The fourth-order valence-electron chi connectivity index (χ4n) is 11.3. The summed E-state index contributed by atoms with van der Waals surface area (Å²) >= 11 is 0. The first-order valence-electron chi connectivity index (χ1n) is 24.7. The lowest BCUT2D eigenvalue weighted by atomic mass is 9.97. The number of furan rings is 3. The summed E-state index contributed by atoms with van der Waals surface area (Å²) in [4.78, 5) is 4.71. The van der Waals surface area contributed by atoms with Gasteiger partial charge in [-0.25, -0.2) is 0 Å². The Hall–Kier alpha value is -9.84. The lowest BCUT2D eigenvalue weighted by Gasteiger charge is -2.27. The monoisotopic (exact) mass is 934 g/mol. The number of rotatable bonds is 8. The van der Waals surface area contributed by atoms with Gasteiger partial charge < -0.3 is 23.1 Å². The predicted molar refractivity (Wildman–Crippen MR) is 304 cm³/mol. The largest absolute Gasteiger partial charge is 0.455 e. The van der Waals surface area contributed by atoms with E-state index in [1.54, 1.807) is 0 Å². The predicted octanol–water partition coefficient (Wildman–Crippen LogP) is 20.0. The zero-order valence-electron chi connectivity index (χ0n) is 39.4. The maximum absolute atomic E-state index is 7.28. The molecular weight excluding hydrogens is 893 g/mol. The third kappa shape index (κ3) is 6.49. The Bertz CT molecular complexity index is 4610. The maximum Gasteiger partial charge on any atom is 0.159 e. The molecule has 12 aromatic carbocycles. The molecule has 0 aliphatic rings. The zero-order valence-corrected chi connectivity index (χ0v) is 39.4. The minimum absolute atomic E-state index is 0.784. The maximum atomic E-state index is 7.28. The smallest absolute Gasteiger partial charge is 0.159 e. The summed E-state index contributed by atoms with van der Waals surface area (Å²) in [6.07, 6.45) is 0. The molecule has 0 aliphatic carbocycles. The Morgan fingerprint density at radius 1 is 0.219 bits per heavy atom. The summed E-state index contributed by atoms with van der Waals surface area (Å²) in [5, 5.41) is 10.6. The summed E-state index contributed by atoms with van der Waals surface area (Å²) in [5.41, 5.74) is 15.4. The molecule has 0 N–H and O–H groups in total.